The first kappa shape index (κ1) is 15.6. The lowest BCUT2D eigenvalue weighted by Crippen LogP contribution is -2.51. The maximum atomic E-state index is 12.5. The van der Waals surface area contributed by atoms with Crippen molar-refractivity contribution in [3.05, 3.63) is 71.8 Å². The molecule has 120 valence electrons. The Morgan fingerprint density at radius 2 is 1.70 bits per heavy atom. The summed E-state index contributed by atoms with van der Waals surface area (Å²) >= 11 is 0. The van der Waals surface area contributed by atoms with Gasteiger partial charge in [0.05, 0.1) is 6.04 Å². The normalized spacial score (nSPS) is 18.7. The summed E-state index contributed by atoms with van der Waals surface area (Å²) in [6.07, 6.45) is 0. The molecule has 1 aliphatic heterocycles. The van der Waals surface area contributed by atoms with Gasteiger partial charge in [-0.3, -0.25) is 4.90 Å². The van der Waals surface area contributed by atoms with Gasteiger partial charge in [-0.25, -0.2) is 4.79 Å². The van der Waals surface area contributed by atoms with E-state index in [0.29, 0.717) is 6.54 Å². The van der Waals surface area contributed by atoms with E-state index in [2.05, 4.69) is 41.5 Å². The van der Waals surface area contributed by atoms with Gasteiger partial charge in [-0.15, -0.1) is 0 Å². The summed E-state index contributed by atoms with van der Waals surface area (Å²) < 4.78 is 0. The molecule has 2 aromatic carbocycles. The van der Waals surface area contributed by atoms with E-state index in [1.807, 2.05) is 41.3 Å². The molecule has 0 saturated carbocycles. The van der Waals surface area contributed by atoms with E-state index in [-0.39, 0.29) is 12.1 Å². The minimum absolute atomic E-state index is 0.0166. The molecule has 2 aromatic rings. The van der Waals surface area contributed by atoms with Crippen LogP contribution < -0.4 is 5.32 Å². The van der Waals surface area contributed by atoms with E-state index in [1.165, 1.54) is 5.56 Å². The van der Waals surface area contributed by atoms with Gasteiger partial charge >= 0.3 is 6.03 Å². The summed E-state index contributed by atoms with van der Waals surface area (Å²) in [6, 6.07) is 20.7. The van der Waals surface area contributed by atoms with Crippen molar-refractivity contribution < 1.29 is 4.79 Å². The van der Waals surface area contributed by atoms with Crippen LogP contribution in [0.15, 0.2) is 60.7 Å². The van der Waals surface area contributed by atoms with Gasteiger partial charge in [0.25, 0.3) is 0 Å². The van der Waals surface area contributed by atoms with Gasteiger partial charge in [-0.1, -0.05) is 60.7 Å². The molecule has 0 spiro atoms. The molecule has 1 fully saturated rings. The third-order valence-corrected chi connectivity index (χ3v) is 4.41. The summed E-state index contributed by atoms with van der Waals surface area (Å²) in [5, 5.41) is 3.02. The number of likely N-dealkylation sites (N-methyl/N-ethyl adjacent to an activating group) is 1. The molecule has 1 aliphatic rings. The number of hydrogen-bond acceptors (Lipinski definition) is 2. The lowest BCUT2D eigenvalue weighted by atomic mass is 10.0. The lowest BCUT2D eigenvalue weighted by molar-refractivity contribution is 0.110. The average molecular weight is 309 g/mol. The van der Waals surface area contributed by atoms with Crippen LogP contribution >= 0.6 is 0 Å². The third-order valence-electron chi connectivity index (χ3n) is 4.41. The lowest BCUT2D eigenvalue weighted by Gasteiger charge is -2.39. The van der Waals surface area contributed by atoms with Crippen molar-refractivity contribution in [3.8, 4) is 0 Å². The molecule has 23 heavy (non-hydrogen) atoms. The molecule has 1 N–H and O–H groups in total. The van der Waals surface area contributed by atoms with Crippen LogP contribution in [0.25, 0.3) is 0 Å². The van der Waals surface area contributed by atoms with Crippen molar-refractivity contribution in [1.29, 1.82) is 0 Å². The van der Waals surface area contributed by atoms with Crippen molar-refractivity contribution in [1.82, 2.24) is 15.1 Å². The number of amides is 2. The topological polar surface area (TPSA) is 35.6 Å². The summed E-state index contributed by atoms with van der Waals surface area (Å²) in [6.45, 7) is 2.95. The first-order valence-corrected chi connectivity index (χ1v) is 8.06. The molecule has 3 rings (SSSR count). The molecule has 0 aliphatic carbocycles. The molecule has 2 amide bonds. The molecular formula is C19H23N3O. The maximum absolute atomic E-state index is 12.5. The number of nitrogens with one attached hydrogen (secondary N) is 1. The molecule has 0 aromatic heterocycles. The maximum Gasteiger partial charge on any atom is 0.317 e. The Morgan fingerprint density at radius 1 is 1.04 bits per heavy atom. The highest BCUT2D eigenvalue weighted by atomic mass is 16.2. The van der Waals surface area contributed by atoms with E-state index in [1.54, 1.807) is 0 Å². The Kier molecular flexibility index (Phi) is 4.93. The van der Waals surface area contributed by atoms with Crippen molar-refractivity contribution in [2.75, 3.05) is 26.7 Å². The van der Waals surface area contributed by atoms with Crippen LogP contribution in [0.2, 0.25) is 0 Å². The fraction of sp³-hybridized carbons (Fsp3) is 0.316. The van der Waals surface area contributed by atoms with Gasteiger partial charge < -0.3 is 10.2 Å². The highest BCUT2D eigenvalue weighted by Gasteiger charge is 2.28. The van der Waals surface area contributed by atoms with Crippen molar-refractivity contribution >= 4 is 6.03 Å². The van der Waals surface area contributed by atoms with Gasteiger partial charge in [0.15, 0.2) is 0 Å². The summed E-state index contributed by atoms with van der Waals surface area (Å²) in [5.74, 6) is 0. The van der Waals surface area contributed by atoms with E-state index in [0.717, 1.165) is 25.2 Å². The van der Waals surface area contributed by atoms with Gasteiger partial charge in [-0.05, 0) is 18.2 Å². The zero-order chi connectivity index (χ0) is 16.1. The Bertz CT molecular complexity index is 630. The number of carbonyl (C=O) groups is 1. The average Bonchev–Trinajstić information content (AvgIpc) is 2.62. The van der Waals surface area contributed by atoms with Gasteiger partial charge in [-0.2, -0.15) is 0 Å². The summed E-state index contributed by atoms with van der Waals surface area (Å²) in [7, 11) is 2.12. The van der Waals surface area contributed by atoms with Crippen LogP contribution in [-0.2, 0) is 6.54 Å². The van der Waals surface area contributed by atoms with E-state index < -0.39 is 0 Å². The fourth-order valence-corrected chi connectivity index (χ4v) is 2.98. The molecule has 0 radical (unpaired) electrons. The second-order valence-corrected chi connectivity index (χ2v) is 6.00. The number of hydrogen-bond donors (Lipinski definition) is 1. The molecule has 1 heterocycles. The third kappa shape index (κ3) is 3.90. The number of urea groups is 1. The Labute approximate surface area is 137 Å². The van der Waals surface area contributed by atoms with Gasteiger partial charge in [0, 0.05) is 26.2 Å². The Balaban J connectivity index is 1.60. The highest BCUT2D eigenvalue weighted by molar-refractivity contribution is 5.74. The molecule has 1 atom stereocenters. The SMILES string of the molecule is CN1CCN(C(=O)NCc2ccccc2)CC1c1ccccc1. The highest BCUT2D eigenvalue weighted by Crippen LogP contribution is 2.23. The Morgan fingerprint density at radius 3 is 2.39 bits per heavy atom. The standard InChI is InChI=1S/C19H23N3O/c1-21-12-13-22(15-18(21)17-10-6-3-7-11-17)19(23)20-14-16-8-4-2-5-9-16/h2-11,18H,12-15H2,1H3,(H,20,23). The predicted molar refractivity (Wildman–Crippen MR) is 92.1 cm³/mol. The monoisotopic (exact) mass is 309 g/mol. The molecule has 1 unspecified atom stereocenters. The van der Waals surface area contributed by atoms with E-state index in [4.69, 9.17) is 0 Å². The minimum atomic E-state index is 0.0166. The van der Waals surface area contributed by atoms with Crippen LogP contribution in [0.3, 0.4) is 0 Å². The minimum Gasteiger partial charge on any atom is -0.334 e. The van der Waals surface area contributed by atoms with Crippen molar-refractivity contribution in [2.45, 2.75) is 12.6 Å². The van der Waals surface area contributed by atoms with Crippen LogP contribution in [-0.4, -0.2) is 42.5 Å². The number of carbonyl (C=O) groups excluding carboxylic acids is 1. The van der Waals surface area contributed by atoms with Crippen LogP contribution in [0.1, 0.15) is 17.2 Å². The van der Waals surface area contributed by atoms with Crippen LogP contribution in [0, 0.1) is 0 Å². The quantitative estimate of drug-likeness (QED) is 0.946. The van der Waals surface area contributed by atoms with Crippen LogP contribution in [0.4, 0.5) is 4.79 Å². The first-order chi connectivity index (χ1) is 11.2. The number of piperazine rings is 1. The van der Waals surface area contributed by atoms with E-state index >= 15 is 0 Å². The number of nitrogens with zero attached hydrogens (tertiary/aromatic N) is 2. The first-order valence-electron chi connectivity index (χ1n) is 8.06. The zero-order valence-corrected chi connectivity index (χ0v) is 13.5. The molecule has 0 bridgehead atoms. The molecule has 1 saturated heterocycles. The summed E-state index contributed by atoms with van der Waals surface area (Å²) in [5.41, 5.74) is 2.38. The number of rotatable bonds is 3. The van der Waals surface area contributed by atoms with Gasteiger partial charge in [0.2, 0.25) is 0 Å². The van der Waals surface area contributed by atoms with Crippen LogP contribution in [0.5, 0.6) is 0 Å². The fourth-order valence-electron chi connectivity index (χ4n) is 2.98. The van der Waals surface area contributed by atoms with Crippen molar-refractivity contribution in [2.24, 2.45) is 0 Å². The molecular weight excluding hydrogens is 286 g/mol. The second kappa shape index (κ2) is 7.29. The summed E-state index contributed by atoms with van der Waals surface area (Å²) in [4.78, 5) is 16.7. The Hall–Kier alpha value is -2.33. The molecule has 4 nitrogen and oxygen atoms in total. The molecule has 4 heteroatoms. The van der Waals surface area contributed by atoms with Crippen molar-refractivity contribution in [3.63, 3.8) is 0 Å². The smallest absolute Gasteiger partial charge is 0.317 e. The second-order valence-electron chi connectivity index (χ2n) is 6.00. The predicted octanol–water partition coefficient (Wildman–Crippen LogP) is 2.88. The van der Waals surface area contributed by atoms with Gasteiger partial charge in [0.1, 0.15) is 0 Å². The number of benzene rings is 2. The largest absolute Gasteiger partial charge is 0.334 e. The van der Waals surface area contributed by atoms with E-state index in [9.17, 15) is 4.79 Å². The zero-order valence-electron chi connectivity index (χ0n) is 13.5.